The van der Waals surface area contributed by atoms with E-state index in [-0.39, 0.29) is 0 Å². The first-order chi connectivity index (χ1) is 9.43. The number of aryl methyl sites for hydroxylation is 1. The molecule has 0 bridgehead atoms. The van der Waals surface area contributed by atoms with Gasteiger partial charge in [0.15, 0.2) is 0 Å². The second-order valence-electron chi connectivity index (χ2n) is 4.76. The van der Waals surface area contributed by atoms with Crippen molar-refractivity contribution >= 4 is 12.0 Å². The van der Waals surface area contributed by atoms with Crippen LogP contribution in [0.1, 0.15) is 32.3 Å². The SMILES string of the molecule is CCC(CC)(NC(=O)NCCn1cc(C)cn1)C(=O)O. The summed E-state index contributed by atoms with van der Waals surface area (Å²) in [7, 11) is 0. The number of carboxylic acid groups (broad SMARTS) is 1. The number of nitrogens with zero attached hydrogens (tertiary/aromatic N) is 2. The number of hydrogen-bond donors (Lipinski definition) is 3. The molecule has 1 heterocycles. The molecular formula is C13H22N4O3. The minimum Gasteiger partial charge on any atom is -0.480 e. The molecule has 20 heavy (non-hydrogen) atoms. The van der Waals surface area contributed by atoms with Crippen molar-refractivity contribution in [2.45, 2.75) is 45.7 Å². The lowest BCUT2D eigenvalue weighted by Crippen LogP contribution is -2.56. The molecular weight excluding hydrogens is 260 g/mol. The molecule has 1 aromatic rings. The van der Waals surface area contributed by atoms with Gasteiger partial charge in [0.25, 0.3) is 0 Å². The molecule has 1 rings (SSSR count). The Kier molecular flexibility index (Phi) is 5.54. The number of carbonyl (C=O) groups excluding carboxylic acids is 1. The van der Waals surface area contributed by atoms with Crippen LogP contribution in [0, 0.1) is 6.92 Å². The molecule has 0 fully saturated rings. The number of rotatable bonds is 7. The lowest BCUT2D eigenvalue weighted by molar-refractivity contribution is -0.144. The topological polar surface area (TPSA) is 96.3 Å². The van der Waals surface area contributed by atoms with E-state index in [0.717, 1.165) is 5.56 Å². The first kappa shape index (κ1) is 16.0. The lowest BCUT2D eigenvalue weighted by Gasteiger charge is -2.28. The average Bonchev–Trinajstić information content (AvgIpc) is 2.81. The van der Waals surface area contributed by atoms with Crippen LogP contribution in [0.2, 0.25) is 0 Å². The number of aliphatic carboxylic acids is 1. The number of amides is 2. The molecule has 0 atom stereocenters. The number of nitrogens with one attached hydrogen (secondary N) is 2. The van der Waals surface area contributed by atoms with Gasteiger partial charge in [0.05, 0.1) is 12.7 Å². The van der Waals surface area contributed by atoms with Crippen molar-refractivity contribution in [2.75, 3.05) is 6.54 Å². The molecule has 7 heteroatoms. The zero-order valence-electron chi connectivity index (χ0n) is 12.1. The van der Waals surface area contributed by atoms with Crippen LogP contribution >= 0.6 is 0 Å². The third-order valence-corrected chi connectivity index (χ3v) is 3.36. The molecule has 0 saturated heterocycles. The summed E-state index contributed by atoms with van der Waals surface area (Å²) in [5.41, 5.74) is -0.150. The quantitative estimate of drug-likeness (QED) is 0.698. The molecule has 0 aliphatic heterocycles. The van der Waals surface area contributed by atoms with Crippen molar-refractivity contribution in [3.05, 3.63) is 18.0 Å². The maximum Gasteiger partial charge on any atom is 0.329 e. The maximum atomic E-state index is 11.8. The van der Waals surface area contributed by atoms with Crippen molar-refractivity contribution in [2.24, 2.45) is 0 Å². The minimum atomic E-state index is -1.20. The van der Waals surface area contributed by atoms with Gasteiger partial charge in [0.2, 0.25) is 0 Å². The zero-order valence-corrected chi connectivity index (χ0v) is 12.1. The fraction of sp³-hybridized carbons (Fsp3) is 0.615. The fourth-order valence-electron chi connectivity index (χ4n) is 1.92. The van der Waals surface area contributed by atoms with E-state index in [0.29, 0.717) is 25.9 Å². The zero-order chi connectivity index (χ0) is 15.2. The van der Waals surface area contributed by atoms with E-state index in [1.54, 1.807) is 24.7 Å². The number of carbonyl (C=O) groups is 2. The highest BCUT2D eigenvalue weighted by molar-refractivity contribution is 5.86. The molecule has 3 N–H and O–H groups in total. The third-order valence-electron chi connectivity index (χ3n) is 3.36. The molecule has 2 amide bonds. The number of urea groups is 1. The molecule has 0 aliphatic rings. The Morgan fingerprint density at radius 2 is 2.05 bits per heavy atom. The molecule has 7 nitrogen and oxygen atoms in total. The van der Waals surface area contributed by atoms with E-state index in [1.165, 1.54) is 0 Å². The van der Waals surface area contributed by atoms with Gasteiger partial charge in [-0.05, 0) is 25.3 Å². The summed E-state index contributed by atoms with van der Waals surface area (Å²) in [5.74, 6) is -1.01. The minimum absolute atomic E-state index is 0.338. The van der Waals surface area contributed by atoms with Gasteiger partial charge >= 0.3 is 12.0 Å². The lowest BCUT2D eigenvalue weighted by atomic mass is 9.93. The Morgan fingerprint density at radius 1 is 1.40 bits per heavy atom. The van der Waals surface area contributed by atoms with Crippen molar-refractivity contribution < 1.29 is 14.7 Å². The Bertz CT molecular complexity index is 466. The summed E-state index contributed by atoms with van der Waals surface area (Å²) in [4.78, 5) is 23.0. The standard InChI is InChI=1S/C13H22N4O3/c1-4-13(5-2,11(18)19)16-12(20)14-6-7-17-9-10(3)8-15-17/h8-9H,4-7H2,1-3H3,(H,18,19)(H2,14,16,20). The van der Waals surface area contributed by atoms with Crippen molar-refractivity contribution in [1.82, 2.24) is 20.4 Å². The molecule has 0 radical (unpaired) electrons. The molecule has 0 aromatic carbocycles. The molecule has 0 spiro atoms. The summed E-state index contributed by atoms with van der Waals surface area (Å²) in [5, 5.41) is 18.5. The van der Waals surface area contributed by atoms with E-state index in [2.05, 4.69) is 15.7 Å². The van der Waals surface area contributed by atoms with Gasteiger partial charge in [-0.3, -0.25) is 4.68 Å². The van der Waals surface area contributed by atoms with Gasteiger partial charge in [-0.1, -0.05) is 13.8 Å². The maximum absolute atomic E-state index is 11.8. The third kappa shape index (κ3) is 3.97. The monoisotopic (exact) mass is 282 g/mol. The van der Waals surface area contributed by atoms with Gasteiger partial charge < -0.3 is 15.7 Å². The highest BCUT2D eigenvalue weighted by Crippen LogP contribution is 2.14. The summed E-state index contributed by atoms with van der Waals surface area (Å²) >= 11 is 0. The first-order valence-electron chi connectivity index (χ1n) is 6.72. The van der Waals surface area contributed by atoms with Crippen LogP contribution in [0.3, 0.4) is 0 Å². The van der Waals surface area contributed by atoms with Crippen LogP contribution in [0.15, 0.2) is 12.4 Å². The van der Waals surface area contributed by atoms with Gasteiger partial charge in [-0.15, -0.1) is 0 Å². The highest BCUT2D eigenvalue weighted by Gasteiger charge is 2.36. The van der Waals surface area contributed by atoms with Crippen molar-refractivity contribution in [3.8, 4) is 0 Å². The number of hydrogen-bond acceptors (Lipinski definition) is 3. The van der Waals surface area contributed by atoms with E-state index < -0.39 is 17.5 Å². The predicted octanol–water partition coefficient (Wildman–Crippen LogP) is 1.13. The second kappa shape index (κ2) is 6.93. The molecule has 0 aliphatic carbocycles. The van der Waals surface area contributed by atoms with Crippen LogP contribution < -0.4 is 10.6 Å². The highest BCUT2D eigenvalue weighted by atomic mass is 16.4. The Balaban J connectivity index is 2.44. The van der Waals surface area contributed by atoms with Gasteiger partial charge in [0.1, 0.15) is 5.54 Å². The normalized spacial score (nSPS) is 11.2. The average molecular weight is 282 g/mol. The van der Waals surface area contributed by atoms with Crippen LogP contribution in [0.25, 0.3) is 0 Å². The summed E-state index contributed by atoms with van der Waals surface area (Å²) < 4.78 is 1.72. The molecule has 0 unspecified atom stereocenters. The number of aromatic nitrogens is 2. The van der Waals surface area contributed by atoms with Gasteiger partial charge in [-0.2, -0.15) is 5.10 Å². The number of carboxylic acids is 1. The van der Waals surface area contributed by atoms with Crippen LogP contribution in [0.5, 0.6) is 0 Å². The van der Waals surface area contributed by atoms with Crippen molar-refractivity contribution in [1.29, 1.82) is 0 Å². The predicted molar refractivity (Wildman–Crippen MR) is 74.4 cm³/mol. The summed E-state index contributed by atoms with van der Waals surface area (Å²) in [6.07, 6.45) is 4.29. The smallest absolute Gasteiger partial charge is 0.329 e. The van der Waals surface area contributed by atoms with Crippen LogP contribution in [-0.4, -0.2) is 39.0 Å². The molecule has 1 aromatic heterocycles. The van der Waals surface area contributed by atoms with Gasteiger partial charge in [-0.25, -0.2) is 9.59 Å². The van der Waals surface area contributed by atoms with Crippen LogP contribution in [0.4, 0.5) is 4.79 Å². The second-order valence-corrected chi connectivity index (χ2v) is 4.76. The first-order valence-corrected chi connectivity index (χ1v) is 6.72. The largest absolute Gasteiger partial charge is 0.480 e. The molecule has 112 valence electrons. The Morgan fingerprint density at radius 3 is 2.50 bits per heavy atom. The fourth-order valence-corrected chi connectivity index (χ4v) is 1.92. The Hall–Kier alpha value is -2.05. The molecule has 0 saturated carbocycles. The Labute approximate surface area is 118 Å². The van der Waals surface area contributed by atoms with E-state index in [1.807, 2.05) is 13.1 Å². The van der Waals surface area contributed by atoms with E-state index in [9.17, 15) is 14.7 Å². The van der Waals surface area contributed by atoms with E-state index in [4.69, 9.17) is 0 Å². The van der Waals surface area contributed by atoms with Crippen molar-refractivity contribution in [3.63, 3.8) is 0 Å². The summed E-state index contributed by atoms with van der Waals surface area (Å²) in [6, 6.07) is -0.472. The summed E-state index contributed by atoms with van der Waals surface area (Å²) in [6.45, 7) is 6.35. The van der Waals surface area contributed by atoms with Crippen LogP contribution in [-0.2, 0) is 11.3 Å². The van der Waals surface area contributed by atoms with E-state index >= 15 is 0 Å². The van der Waals surface area contributed by atoms with Gasteiger partial charge in [0, 0.05) is 12.7 Å².